The van der Waals surface area contributed by atoms with Crippen molar-refractivity contribution in [2.75, 3.05) is 13.2 Å². The predicted octanol–water partition coefficient (Wildman–Crippen LogP) is 2.12. The summed E-state index contributed by atoms with van der Waals surface area (Å²) >= 11 is 0. The predicted molar refractivity (Wildman–Crippen MR) is 80.0 cm³/mol. The van der Waals surface area contributed by atoms with E-state index in [9.17, 15) is 9.90 Å². The Bertz CT molecular complexity index is 669. The number of carbonyl (C=O) groups is 1. The molecule has 2 heterocycles. The molecule has 4 heteroatoms. The molecule has 0 unspecified atom stereocenters. The molecule has 1 amide bonds. The van der Waals surface area contributed by atoms with Gasteiger partial charge in [-0.25, -0.2) is 0 Å². The first-order chi connectivity index (χ1) is 10.2. The Balaban J connectivity index is 1.94. The Morgan fingerprint density at radius 1 is 1.38 bits per heavy atom. The van der Waals surface area contributed by atoms with Crippen LogP contribution in [0.5, 0.6) is 0 Å². The Morgan fingerprint density at radius 3 is 2.95 bits per heavy atom. The van der Waals surface area contributed by atoms with Gasteiger partial charge in [0.2, 0.25) is 0 Å². The lowest BCUT2D eigenvalue weighted by Crippen LogP contribution is -2.41. The molecule has 0 radical (unpaired) electrons. The first-order valence-electron chi connectivity index (χ1n) is 7.12. The number of carbonyl (C=O) groups excluding carboxylic acids is 1. The van der Waals surface area contributed by atoms with E-state index < -0.39 is 0 Å². The van der Waals surface area contributed by atoms with Crippen molar-refractivity contribution in [2.45, 2.75) is 19.4 Å². The highest BCUT2D eigenvalue weighted by molar-refractivity contribution is 5.94. The summed E-state index contributed by atoms with van der Waals surface area (Å²) < 4.78 is 0. The van der Waals surface area contributed by atoms with Crippen LogP contribution in [0.15, 0.2) is 42.7 Å². The minimum Gasteiger partial charge on any atom is -0.394 e. The normalized spacial score (nSPS) is 17.4. The first kappa shape index (κ1) is 13.8. The van der Waals surface area contributed by atoms with Gasteiger partial charge in [-0.1, -0.05) is 24.3 Å². The van der Waals surface area contributed by atoms with E-state index in [-0.39, 0.29) is 18.6 Å². The van der Waals surface area contributed by atoms with Crippen LogP contribution in [0.2, 0.25) is 0 Å². The fourth-order valence-corrected chi connectivity index (χ4v) is 2.93. The van der Waals surface area contributed by atoms with Crippen LogP contribution in [-0.2, 0) is 6.42 Å². The van der Waals surface area contributed by atoms with Crippen LogP contribution in [0.25, 0.3) is 0 Å². The Kier molecular flexibility index (Phi) is 3.71. The Morgan fingerprint density at radius 2 is 2.19 bits per heavy atom. The van der Waals surface area contributed by atoms with Crippen LogP contribution >= 0.6 is 0 Å². The first-order valence-corrected chi connectivity index (χ1v) is 7.12. The molecule has 0 spiro atoms. The zero-order chi connectivity index (χ0) is 14.8. The van der Waals surface area contributed by atoms with Gasteiger partial charge in [-0.15, -0.1) is 0 Å². The second-order valence-corrected chi connectivity index (χ2v) is 5.40. The molecule has 3 rings (SSSR count). The molecule has 1 aromatic heterocycles. The quantitative estimate of drug-likeness (QED) is 0.918. The molecule has 0 saturated carbocycles. The molecule has 1 atom stereocenters. The fourth-order valence-electron chi connectivity index (χ4n) is 2.93. The number of benzene rings is 1. The van der Waals surface area contributed by atoms with Gasteiger partial charge >= 0.3 is 0 Å². The van der Waals surface area contributed by atoms with E-state index in [4.69, 9.17) is 0 Å². The maximum atomic E-state index is 12.7. The molecule has 1 aromatic carbocycles. The van der Waals surface area contributed by atoms with Gasteiger partial charge in [0.05, 0.1) is 18.2 Å². The van der Waals surface area contributed by atoms with Crippen molar-refractivity contribution in [1.82, 2.24) is 9.88 Å². The van der Waals surface area contributed by atoms with E-state index in [1.54, 1.807) is 17.3 Å². The molecular formula is C17H18N2O2. The highest BCUT2D eigenvalue weighted by Gasteiger charge is 2.30. The molecule has 0 bridgehead atoms. The number of aromatic nitrogens is 1. The van der Waals surface area contributed by atoms with Crippen molar-refractivity contribution in [3.8, 4) is 0 Å². The summed E-state index contributed by atoms with van der Waals surface area (Å²) in [5, 5.41) is 9.75. The van der Waals surface area contributed by atoms with E-state index in [0.29, 0.717) is 12.1 Å². The van der Waals surface area contributed by atoms with Gasteiger partial charge in [0.15, 0.2) is 0 Å². The number of hydrogen-bond donors (Lipinski definition) is 1. The standard InChI is InChI=1S/C17H18N2O2/c1-12-8-14(10-18-9-12)17(21)19-7-6-13-4-2-3-5-15(13)16(19)11-20/h2-5,8-10,16,20H,6-7,11H2,1H3/t16-/m1/s1. The summed E-state index contributed by atoms with van der Waals surface area (Å²) in [6, 6.07) is 9.56. The molecule has 1 N–H and O–H groups in total. The van der Waals surface area contributed by atoms with E-state index in [1.165, 1.54) is 5.56 Å². The molecule has 4 nitrogen and oxygen atoms in total. The van der Waals surface area contributed by atoms with Crippen LogP contribution in [0, 0.1) is 6.92 Å². The summed E-state index contributed by atoms with van der Waals surface area (Å²) in [7, 11) is 0. The van der Waals surface area contributed by atoms with Gasteiger partial charge in [0.25, 0.3) is 5.91 Å². The molecule has 0 aliphatic carbocycles. The maximum absolute atomic E-state index is 12.7. The van der Waals surface area contributed by atoms with Gasteiger partial charge < -0.3 is 10.0 Å². The molecule has 0 saturated heterocycles. The van der Waals surface area contributed by atoms with Crippen LogP contribution in [0.1, 0.15) is 33.1 Å². The molecule has 108 valence electrons. The molecule has 0 fully saturated rings. The lowest BCUT2D eigenvalue weighted by Gasteiger charge is -2.36. The average Bonchev–Trinajstić information content (AvgIpc) is 2.53. The van der Waals surface area contributed by atoms with Gasteiger partial charge in [-0.05, 0) is 36.1 Å². The second-order valence-electron chi connectivity index (χ2n) is 5.40. The molecule has 1 aliphatic heterocycles. The lowest BCUT2D eigenvalue weighted by molar-refractivity contribution is 0.0568. The summed E-state index contributed by atoms with van der Waals surface area (Å²) in [4.78, 5) is 18.5. The third-order valence-electron chi connectivity index (χ3n) is 3.97. The summed E-state index contributed by atoms with van der Waals surface area (Å²) in [5.74, 6) is -0.0697. The van der Waals surface area contributed by atoms with Gasteiger partial charge in [0, 0.05) is 18.9 Å². The second kappa shape index (κ2) is 5.66. The van der Waals surface area contributed by atoms with Crippen molar-refractivity contribution in [1.29, 1.82) is 0 Å². The van der Waals surface area contributed by atoms with E-state index >= 15 is 0 Å². The van der Waals surface area contributed by atoms with Crippen LogP contribution in [0.4, 0.5) is 0 Å². The molecule has 1 aliphatic rings. The number of aliphatic hydroxyl groups excluding tert-OH is 1. The summed E-state index contributed by atoms with van der Waals surface area (Å²) in [6.45, 7) is 2.47. The van der Waals surface area contributed by atoms with Crippen molar-refractivity contribution in [2.24, 2.45) is 0 Å². The van der Waals surface area contributed by atoms with Crippen LogP contribution in [-0.4, -0.2) is 34.0 Å². The minimum absolute atomic E-state index is 0.0675. The summed E-state index contributed by atoms with van der Waals surface area (Å²) in [5.41, 5.74) is 3.79. The molecule has 2 aromatic rings. The number of fused-ring (bicyclic) bond motifs is 1. The third-order valence-corrected chi connectivity index (χ3v) is 3.97. The number of nitrogens with zero attached hydrogens (tertiary/aromatic N) is 2. The van der Waals surface area contributed by atoms with Crippen molar-refractivity contribution < 1.29 is 9.90 Å². The number of rotatable bonds is 2. The third kappa shape index (κ3) is 2.54. The van der Waals surface area contributed by atoms with E-state index in [0.717, 1.165) is 17.5 Å². The molecule has 21 heavy (non-hydrogen) atoms. The number of aliphatic hydroxyl groups is 1. The molecular weight excluding hydrogens is 264 g/mol. The van der Waals surface area contributed by atoms with Crippen molar-refractivity contribution in [3.05, 3.63) is 65.0 Å². The summed E-state index contributed by atoms with van der Waals surface area (Å²) in [6.07, 6.45) is 4.13. The maximum Gasteiger partial charge on any atom is 0.256 e. The zero-order valence-electron chi connectivity index (χ0n) is 12.0. The topological polar surface area (TPSA) is 53.4 Å². The van der Waals surface area contributed by atoms with Crippen LogP contribution < -0.4 is 0 Å². The Hall–Kier alpha value is -2.20. The highest BCUT2D eigenvalue weighted by Crippen LogP contribution is 2.30. The lowest BCUT2D eigenvalue weighted by atomic mass is 9.92. The smallest absolute Gasteiger partial charge is 0.256 e. The zero-order valence-corrected chi connectivity index (χ0v) is 12.0. The van der Waals surface area contributed by atoms with E-state index in [2.05, 4.69) is 11.1 Å². The number of aryl methyl sites for hydroxylation is 1. The van der Waals surface area contributed by atoms with Crippen molar-refractivity contribution >= 4 is 5.91 Å². The number of amides is 1. The average molecular weight is 282 g/mol. The van der Waals surface area contributed by atoms with E-state index in [1.807, 2.05) is 31.2 Å². The van der Waals surface area contributed by atoms with Crippen molar-refractivity contribution in [3.63, 3.8) is 0 Å². The van der Waals surface area contributed by atoms with Gasteiger partial charge in [-0.2, -0.15) is 0 Å². The highest BCUT2D eigenvalue weighted by atomic mass is 16.3. The van der Waals surface area contributed by atoms with Gasteiger partial charge in [-0.3, -0.25) is 9.78 Å². The monoisotopic (exact) mass is 282 g/mol. The SMILES string of the molecule is Cc1cncc(C(=O)N2CCc3ccccc3[C@H]2CO)c1. The Labute approximate surface area is 124 Å². The fraction of sp³-hybridized carbons (Fsp3) is 0.294. The number of pyridine rings is 1. The van der Waals surface area contributed by atoms with Crippen LogP contribution in [0.3, 0.4) is 0 Å². The minimum atomic E-state index is -0.275. The van der Waals surface area contributed by atoms with Gasteiger partial charge in [0.1, 0.15) is 0 Å². The number of hydrogen-bond acceptors (Lipinski definition) is 3. The largest absolute Gasteiger partial charge is 0.394 e.